The molecule has 1 unspecified atom stereocenters. The van der Waals surface area contributed by atoms with Crippen LogP contribution in [0.5, 0.6) is 5.75 Å². The molecule has 2 aromatic rings. The van der Waals surface area contributed by atoms with E-state index in [0.717, 1.165) is 55.4 Å². The molecule has 0 spiro atoms. The molecule has 1 saturated heterocycles. The number of carbonyl (C=O) groups excluding carboxylic acids is 2. The molecule has 0 radical (unpaired) electrons. The number of rotatable bonds is 6. The average molecular weight is 434 g/mol. The van der Waals surface area contributed by atoms with Gasteiger partial charge < -0.3 is 14.7 Å². The predicted octanol–water partition coefficient (Wildman–Crippen LogP) is 5.40. The van der Waals surface area contributed by atoms with Crippen molar-refractivity contribution in [3.05, 3.63) is 70.8 Å². The molecule has 1 aliphatic carbocycles. The maximum Gasteiger partial charge on any atom is 0.295 e. The van der Waals surface area contributed by atoms with Crippen LogP contribution in [0, 0.1) is 0 Å². The number of hydrogen-bond acceptors (Lipinski definition) is 4. The summed E-state index contributed by atoms with van der Waals surface area (Å²) in [6, 6.07) is 14.4. The Balaban J connectivity index is 1.81. The molecule has 2 aliphatic rings. The maximum atomic E-state index is 13.2. The van der Waals surface area contributed by atoms with Crippen molar-refractivity contribution in [2.75, 3.05) is 6.61 Å². The lowest BCUT2D eigenvalue weighted by Crippen LogP contribution is -2.40. The Kier molecular flexibility index (Phi) is 6.63. The lowest BCUT2D eigenvalue weighted by atomic mass is 9.91. The van der Waals surface area contributed by atoms with Crippen molar-refractivity contribution in [3.63, 3.8) is 0 Å². The number of benzene rings is 2. The zero-order valence-electron chi connectivity index (χ0n) is 18.8. The Hall–Kier alpha value is -3.08. The van der Waals surface area contributed by atoms with Crippen molar-refractivity contribution < 1.29 is 19.4 Å². The van der Waals surface area contributed by atoms with Crippen molar-refractivity contribution in [3.8, 4) is 5.75 Å². The normalized spacial score (nSPS) is 21.2. The van der Waals surface area contributed by atoms with E-state index in [0.29, 0.717) is 12.2 Å². The maximum absolute atomic E-state index is 13.2. The van der Waals surface area contributed by atoms with E-state index in [-0.39, 0.29) is 17.4 Å². The summed E-state index contributed by atoms with van der Waals surface area (Å²) in [6.45, 7) is 4.56. The van der Waals surface area contributed by atoms with Gasteiger partial charge in [-0.15, -0.1) is 0 Å². The Morgan fingerprint density at radius 3 is 2.22 bits per heavy atom. The number of aliphatic hydroxyl groups excluding tert-OH is 1. The summed E-state index contributed by atoms with van der Waals surface area (Å²) < 4.78 is 5.57. The topological polar surface area (TPSA) is 66.8 Å². The highest BCUT2D eigenvalue weighted by atomic mass is 16.5. The highest BCUT2D eigenvalue weighted by Crippen LogP contribution is 2.43. The van der Waals surface area contributed by atoms with Crippen LogP contribution >= 0.6 is 0 Å². The Labute approximate surface area is 189 Å². The second-order valence-corrected chi connectivity index (χ2v) is 8.55. The third kappa shape index (κ3) is 4.16. The van der Waals surface area contributed by atoms with Gasteiger partial charge in [0.2, 0.25) is 0 Å². The number of carbonyl (C=O) groups is 2. The second-order valence-electron chi connectivity index (χ2n) is 8.55. The minimum absolute atomic E-state index is 0.00420. The summed E-state index contributed by atoms with van der Waals surface area (Å²) >= 11 is 0. The molecular formula is C27H31NO4. The molecule has 5 nitrogen and oxygen atoms in total. The van der Waals surface area contributed by atoms with Gasteiger partial charge in [0, 0.05) is 11.6 Å². The molecule has 2 aromatic carbocycles. The first-order chi connectivity index (χ1) is 15.5. The largest absolute Gasteiger partial charge is 0.507 e. The first kappa shape index (κ1) is 22.1. The van der Waals surface area contributed by atoms with Gasteiger partial charge in [0.05, 0.1) is 18.2 Å². The number of nitrogens with zero attached hydrogens (tertiary/aromatic N) is 1. The van der Waals surface area contributed by atoms with Gasteiger partial charge in [-0.3, -0.25) is 9.59 Å². The molecule has 168 valence electrons. The summed E-state index contributed by atoms with van der Waals surface area (Å²) in [5.74, 6) is -0.488. The van der Waals surface area contributed by atoms with Gasteiger partial charge in [-0.25, -0.2) is 0 Å². The summed E-state index contributed by atoms with van der Waals surface area (Å²) in [5.41, 5.74) is 2.69. The van der Waals surface area contributed by atoms with Gasteiger partial charge in [-0.2, -0.15) is 0 Å². The lowest BCUT2D eigenvalue weighted by molar-refractivity contribution is -0.141. The van der Waals surface area contributed by atoms with Crippen molar-refractivity contribution in [1.82, 2.24) is 4.90 Å². The van der Waals surface area contributed by atoms with Crippen LogP contribution < -0.4 is 4.74 Å². The average Bonchev–Trinajstić information content (AvgIpc) is 3.10. The zero-order chi connectivity index (χ0) is 22.7. The Bertz CT molecular complexity index is 1000. The first-order valence-electron chi connectivity index (χ1n) is 11.7. The number of aryl methyl sites for hydroxylation is 1. The number of ether oxygens (including phenoxy) is 1. The monoisotopic (exact) mass is 433 g/mol. The molecule has 32 heavy (non-hydrogen) atoms. The van der Waals surface area contributed by atoms with Crippen LogP contribution in [-0.2, 0) is 16.0 Å². The summed E-state index contributed by atoms with van der Waals surface area (Å²) in [5, 5.41) is 11.2. The Morgan fingerprint density at radius 1 is 0.969 bits per heavy atom. The Morgan fingerprint density at radius 2 is 1.62 bits per heavy atom. The van der Waals surface area contributed by atoms with Gasteiger partial charge in [0.15, 0.2) is 0 Å². The standard InChI is InChI=1S/C27H31NO4/c1-3-18-10-12-20(13-11-18)25(29)23-24(19-14-16-22(17-15-19)32-4-2)28(27(31)26(23)30)21-8-6-5-7-9-21/h10-17,21,24,29H,3-9H2,1-2H3/b25-23-. The summed E-state index contributed by atoms with van der Waals surface area (Å²) in [6.07, 6.45) is 5.89. The molecule has 1 aliphatic heterocycles. The molecule has 0 bridgehead atoms. The number of hydrogen-bond donors (Lipinski definition) is 1. The second kappa shape index (κ2) is 9.60. The smallest absolute Gasteiger partial charge is 0.295 e. The van der Waals surface area contributed by atoms with E-state index < -0.39 is 17.7 Å². The fourth-order valence-electron chi connectivity index (χ4n) is 4.88. The molecule has 1 saturated carbocycles. The van der Waals surface area contributed by atoms with Gasteiger partial charge in [0.1, 0.15) is 11.5 Å². The number of amides is 1. The van der Waals surface area contributed by atoms with Crippen LogP contribution in [0.4, 0.5) is 0 Å². The van der Waals surface area contributed by atoms with Crippen LogP contribution in [0.3, 0.4) is 0 Å². The van der Waals surface area contributed by atoms with Crippen molar-refractivity contribution in [2.24, 2.45) is 0 Å². The fraction of sp³-hybridized carbons (Fsp3) is 0.407. The molecule has 1 heterocycles. The van der Waals surface area contributed by atoms with Crippen LogP contribution in [0.1, 0.15) is 68.7 Å². The third-order valence-electron chi connectivity index (χ3n) is 6.59. The molecule has 4 rings (SSSR count). The van der Waals surface area contributed by atoms with E-state index in [1.165, 1.54) is 0 Å². The van der Waals surface area contributed by atoms with Gasteiger partial charge in [0.25, 0.3) is 11.7 Å². The zero-order valence-corrected chi connectivity index (χ0v) is 18.8. The highest BCUT2D eigenvalue weighted by Gasteiger charge is 2.48. The third-order valence-corrected chi connectivity index (χ3v) is 6.59. The minimum Gasteiger partial charge on any atom is -0.507 e. The minimum atomic E-state index is -0.605. The van der Waals surface area contributed by atoms with Crippen molar-refractivity contribution >= 4 is 17.4 Å². The van der Waals surface area contributed by atoms with Crippen molar-refractivity contribution in [1.29, 1.82) is 0 Å². The van der Waals surface area contributed by atoms with Crippen LogP contribution in [0.2, 0.25) is 0 Å². The van der Waals surface area contributed by atoms with E-state index in [4.69, 9.17) is 4.74 Å². The number of aliphatic hydroxyl groups is 1. The van der Waals surface area contributed by atoms with E-state index >= 15 is 0 Å². The molecular weight excluding hydrogens is 402 g/mol. The molecule has 2 fully saturated rings. The predicted molar refractivity (Wildman–Crippen MR) is 124 cm³/mol. The quantitative estimate of drug-likeness (QED) is 0.376. The van der Waals surface area contributed by atoms with E-state index in [9.17, 15) is 14.7 Å². The van der Waals surface area contributed by atoms with Gasteiger partial charge in [-0.1, -0.05) is 62.6 Å². The molecule has 1 N–H and O–H groups in total. The van der Waals surface area contributed by atoms with E-state index in [1.54, 1.807) is 4.90 Å². The van der Waals surface area contributed by atoms with Crippen LogP contribution in [0.15, 0.2) is 54.1 Å². The SMILES string of the molecule is CCOc1ccc(C2/C(=C(/O)c3ccc(CC)cc3)C(=O)C(=O)N2C2CCCCC2)cc1. The number of likely N-dealkylation sites (tertiary alicyclic amines) is 1. The molecule has 5 heteroatoms. The van der Waals surface area contributed by atoms with E-state index in [2.05, 4.69) is 6.92 Å². The molecule has 1 atom stereocenters. The highest BCUT2D eigenvalue weighted by molar-refractivity contribution is 6.46. The fourth-order valence-corrected chi connectivity index (χ4v) is 4.88. The summed E-state index contributed by atoms with van der Waals surface area (Å²) in [7, 11) is 0. The lowest BCUT2D eigenvalue weighted by Gasteiger charge is -2.35. The first-order valence-corrected chi connectivity index (χ1v) is 11.7. The van der Waals surface area contributed by atoms with E-state index in [1.807, 2.05) is 55.5 Å². The molecule has 1 amide bonds. The number of Topliss-reactive ketones (excluding diaryl/α,β-unsaturated/α-hetero) is 1. The number of ketones is 1. The van der Waals surface area contributed by atoms with Gasteiger partial charge in [-0.05, 0) is 49.4 Å². The van der Waals surface area contributed by atoms with Crippen LogP contribution in [-0.4, -0.2) is 34.3 Å². The molecule has 0 aromatic heterocycles. The summed E-state index contributed by atoms with van der Waals surface area (Å²) in [4.78, 5) is 28.2. The van der Waals surface area contributed by atoms with Crippen LogP contribution in [0.25, 0.3) is 5.76 Å². The van der Waals surface area contributed by atoms with Gasteiger partial charge >= 0.3 is 0 Å². The van der Waals surface area contributed by atoms with Crippen molar-refractivity contribution in [2.45, 2.75) is 64.5 Å².